The van der Waals surface area contributed by atoms with Crippen molar-refractivity contribution in [1.29, 1.82) is 0 Å². The number of hydrogen-bond acceptors (Lipinski definition) is 4. The van der Waals surface area contributed by atoms with E-state index in [1.807, 2.05) is 4.90 Å². The van der Waals surface area contributed by atoms with Crippen molar-refractivity contribution in [2.75, 3.05) is 26.2 Å². The molecule has 1 saturated carbocycles. The van der Waals surface area contributed by atoms with E-state index in [1.165, 1.54) is 18.2 Å². The highest BCUT2D eigenvalue weighted by molar-refractivity contribution is 5.20. The topological polar surface area (TPSA) is 58.7 Å². The van der Waals surface area contributed by atoms with Gasteiger partial charge in [-0.3, -0.25) is 4.90 Å². The van der Waals surface area contributed by atoms with Gasteiger partial charge >= 0.3 is 0 Å². The monoisotopic (exact) mass is 326 g/mol. The van der Waals surface area contributed by atoms with Crippen molar-refractivity contribution in [3.05, 3.63) is 35.4 Å². The van der Waals surface area contributed by atoms with Crippen molar-refractivity contribution in [3.63, 3.8) is 0 Å². The van der Waals surface area contributed by atoms with Crippen molar-refractivity contribution in [3.8, 4) is 0 Å². The van der Waals surface area contributed by atoms with Crippen LogP contribution in [0.25, 0.3) is 0 Å². The van der Waals surface area contributed by atoms with Gasteiger partial charge in [-0.15, -0.1) is 0 Å². The highest BCUT2D eigenvalue weighted by Crippen LogP contribution is 2.51. The van der Waals surface area contributed by atoms with Gasteiger partial charge in [-0.05, 0) is 38.1 Å². The lowest BCUT2D eigenvalue weighted by Gasteiger charge is -2.56. The van der Waals surface area contributed by atoms with Gasteiger partial charge in [-0.25, -0.2) is 8.78 Å². The minimum Gasteiger partial charge on any atom is -0.392 e. The van der Waals surface area contributed by atoms with Crippen LogP contribution in [0.4, 0.5) is 8.78 Å². The zero-order valence-electron chi connectivity index (χ0n) is 13.2. The maximum absolute atomic E-state index is 13.8. The molecule has 1 aromatic carbocycles. The van der Waals surface area contributed by atoms with Crippen LogP contribution in [-0.4, -0.2) is 48.5 Å². The summed E-state index contributed by atoms with van der Waals surface area (Å²) in [4.78, 5) is 2.04. The number of nitrogens with zero attached hydrogens (tertiary/aromatic N) is 1. The largest absolute Gasteiger partial charge is 0.392 e. The Balaban J connectivity index is 1.60. The molecule has 0 aromatic heterocycles. The number of aliphatic hydroxyl groups excluding tert-OH is 1. The van der Waals surface area contributed by atoms with Gasteiger partial charge in [-0.2, -0.15) is 0 Å². The van der Waals surface area contributed by atoms with Gasteiger partial charge in [0.05, 0.1) is 18.8 Å². The summed E-state index contributed by atoms with van der Waals surface area (Å²) in [6.45, 7) is 2.64. The molecule has 0 unspecified atom stereocenters. The van der Waals surface area contributed by atoms with Crippen LogP contribution in [0.2, 0.25) is 0 Å². The quantitative estimate of drug-likeness (QED) is 0.864. The molecule has 3 N–H and O–H groups in total. The van der Waals surface area contributed by atoms with Crippen LogP contribution in [0.15, 0.2) is 18.2 Å². The van der Waals surface area contributed by atoms with Gasteiger partial charge in [-0.1, -0.05) is 6.07 Å². The molecule has 0 radical (unpaired) electrons. The number of likely N-dealkylation sites (tertiary alicyclic amines) is 1. The molecule has 3 rings (SSSR count). The van der Waals surface area contributed by atoms with E-state index in [0.717, 1.165) is 12.8 Å². The standard InChI is InChI=1S/C17H24F2N2O2/c18-13-2-1-3-14(19)12(13)11-21-7-4-17(5-8-21)15(22)10-16(17)23-9-6-20/h1-3,15-16,22H,4-11,20H2/t15-,16+/m0/s1. The summed E-state index contributed by atoms with van der Waals surface area (Å²) in [5.41, 5.74) is 5.39. The Kier molecular flexibility index (Phi) is 4.96. The highest BCUT2D eigenvalue weighted by atomic mass is 19.1. The molecule has 0 amide bonds. The van der Waals surface area contributed by atoms with Crippen LogP contribution >= 0.6 is 0 Å². The fourth-order valence-electron chi connectivity index (χ4n) is 3.86. The smallest absolute Gasteiger partial charge is 0.130 e. The lowest BCUT2D eigenvalue weighted by molar-refractivity contribution is -0.210. The molecule has 23 heavy (non-hydrogen) atoms. The Morgan fingerprint density at radius 3 is 2.48 bits per heavy atom. The zero-order chi connectivity index (χ0) is 16.4. The normalized spacial score (nSPS) is 27.1. The second-order valence-electron chi connectivity index (χ2n) is 6.61. The number of piperidine rings is 1. The van der Waals surface area contributed by atoms with Crippen LogP contribution < -0.4 is 5.73 Å². The maximum Gasteiger partial charge on any atom is 0.130 e. The average molecular weight is 326 g/mol. The van der Waals surface area contributed by atoms with Crippen LogP contribution in [0.3, 0.4) is 0 Å². The van der Waals surface area contributed by atoms with Crippen molar-refractivity contribution in [1.82, 2.24) is 4.90 Å². The summed E-state index contributed by atoms with van der Waals surface area (Å²) in [6.07, 6.45) is 1.91. The second kappa shape index (κ2) is 6.81. The van der Waals surface area contributed by atoms with E-state index in [1.54, 1.807) is 0 Å². The first-order valence-electron chi connectivity index (χ1n) is 8.22. The Morgan fingerprint density at radius 2 is 1.91 bits per heavy atom. The lowest BCUT2D eigenvalue weighted by atomic mass is 9.58. The van der Waals surface area contributed by atoms with E-state index in [4.69, 9.17) is 10.5 Å². The third-order valence-electron chi connectivity index (χ3n) is 5.41. The summed E-state index contributed by atoms with van der Waals surface area (Å²) in [7, 11) is 0. The van der Waals surface area contributed by atoms with E-state index in [2.05, 4.69) is 0 Å². The number of hydrogen-bond donors (Lipinski definition) is 2. The molecule has 1 aliphatic heterocycles. The number of aliphatic hydroxyl groups is 1. The van der Waals surface area contributed by atoms with Crippen LogP contribution in [-0.2, 0) is 11.3 Å². The molecule has 2 atom stereocenters. The fraction of sp³-hybridized carbons (Fsp3) is 0.647. The van der Waals surface area contributed by atoms with E-state index in [0.29, 0.717) is 32.7 Å². The van der Waals surface area contributed by atoms with Gasteiger partial charge < -0.3 is 15.6 Å². The first kappa shape index (κ1) is 16.8. The maximum atomic E-state index is 13.8. The third-order valence-corrected chi connectivity index (χ3v) is 5.41. The lowest BCUT2D eigenvalue weighted by Crippen LogP contribution is -2.62. The fourth-order valence-corrected chi connectivity index (χ4v) is 3.86. The van der Waals surface area contributed by atoms with Crippen molar-refractivity contribution in [2.24, 2.45) is 11.1 Å². The van der Waals surface area contributed by atoms with Gasteiger partial charge in [0.15, 0.2) is 0 Å². The number of rotatable bonds is 5. The molecule has 0 bridgehead atoms. The first-order chi connectivity index (χ1) is 11.1. The molecule has 1 aliphatic carbocycles. The molecular formula is C17H24F2N2O2. The molecule has 1 saturated heterocycles. The van der Waals surface area contributed by atoms with E-state index >= 15 is 0 Å². The first-order valence-corrected chi connectivity index (χ1v) is 8.22. The molecule has 2 fully saturated rings. The molecule has 128 valence electrons. The van der Waals surface area contributed by atoms with Crippen molar-refractivity contribution in [2.45, 2.75) is 38.0 Å². The molecule has 1 aromatic rings. The van der Waals surface area contributed by atoms with Gasteiger partial charge in [0.1, 0.15) is 11.6 Å². The van der Waals surface area contributed by atoms with Crippen molar-refractivity contribution < 1.29 is 18.6 Å². The third kappa shape index (κ3) is 3.13. The van der Waals surface area contributed by atoms with Gasteiger partial charge in [0.25, 0.3) is 0 Å². The van der Waals surface area contributed by atoms with Crippen molar-refractivity contribution >= 4 is 0 Å². The average Bonchev–Trinajstić information content (AvgIpc) is 2.55. The molecular weight excluding hydrogens is 302 g/mol. The molecule has 1 heterocycles. The number of benzene rings is 1. The minimum atomic E-state index is -0.502. The number of halogens is 2. The van der Waals surface area contributed by atoms with E-state index < -0.39 is 11.6 Å². The predicted molar refractivity (Wildman–Crippen MR) is 82.7 cm³/mol. The van der Waals surface area contributed by atoms with E-state index in [-0.39, 0.29) is 29.7 Å². The Labute approximate surface area is 135 Å². The summed E-state index contributed by atoms with van der Waals surface area (Å²) < 4.78 is 33.3. The Morgan fingerprint density at radius 1 is 1.26 bits per heavy atom. The zero-order valence-corrected chi connectivity index (χ0v) is 13.2. The Bertz CT molecular complexity index is 527. The minimum absolute atomic E-state index is 0.0494. The highest BCUT2D eigenvalue weighted by Gasteiger charge is 2.56. The molecule has 4 nitrogen and oxygen atoms in total. The number of nitrogens with two attached hydrogens (primary N) is 1. The van der Waals surface area contributed by atoms with Crippen LogP contribution in [0.5, 0.6) is 0 Å². The molecule has 1 spiro atoms. The van der Waals surface area contributed by atoms with Crippen LogP contribution in [0.1, 0.15) is 24.8 Å². The summed E-state index contributed by atoms with van der Waals surface area (Å²) in [6, 6.07) is 3.95. The SMILES string of the molecule is NCCO[C@@H]1C[C@H](O)C12CCN(Cc1c(F)cccc1F)CC2. The molecule has 6 heteroatoms. The predicted octanol–water partition coefficient (Wildman–Crippen LogP) is 1.66. The summed E-state index contributed by atoms with van der Waals surface area (Å²) in [5.74, 6) is -1.00. The van der Waals surface area contributed by atoms with Gasteiger partial charge in [0, 0.05) is 30.5 Å². The van der Waals surface area contributed by atoms with Gasteiger partial charge in [0.2, 0.25) is 0 Å². The van der Waals surface area contributed by atoms with Crippen LogP contribution in [0, 0.1) is 17.0 Å². The second-order valence-corrected chi connectivity index (χ2v) is 6.61. The Hall–Kier alpha value is -1.08. The summed E-state index contributed by atoms with van der Waals surface area (Å²) in [5, 5.41) is 10.2. The summed E-state index contributed by atoms with van der Waals surface area (Å²) >= 11 is 0. The number of ether oxygens (including phenoxy) is 1. The van der Waals surface area contributed by atoms with E-state index in [9.17, 15) is 13.9 Å². The molecule has 2 aliphatic rings.